The number of fused-ring (bicyclic) bond motifs is 2. The van der Waals surface area contributed by atoms with E-state index in [0.717, 1.165) is 0 Å². The third-order valence-electron chi connectivity index (χ3n) is 7.18. The van der Waals surface area contributed by atoms with Gasteiger partial charge in [0.1, 0.15) is 76.2 Å². The second kappa shape index (κ2) is 11.2. The van der Waals surface area contributed by atoms with Crippen LogP contribution >= 0.6 is 0 Å². The molecule has 2 fully saturated rings. The number of hydrogen-bond donors (Lipinski definition) is 8. The van der Waals surface area contributed by atoms with Crippen LogP contribution in [0.1, 0.15) is 6.92 Å². The summed E-state index contributed by atoms with van der Waals surface area (Å²) in [4.78, 5) is 13.8. The lowest BCUT2D eigenvalue weighted by Crippen LogP contribution is -2.60. The molecule has 0 saturated carbocycles. The van der Waals surface area contributed by atoms with Crippen LogP contribution in [0.2, 0.25) is 0 Å². The van der Waals surface area contributed by atoms with Crippen LogP contribution < -0.4 is 19.6 Å². The number of aliphatic hydroxyl groups excluding tert-OH is 7. The number of rotatable bonds is 6. The molecule has 2 aliphatic rings. The SMILES string of the molecule is COc1cc(O)c2c(=O)c3c(OC4OC(CO)C(O)C(O)C4O)c(OC4OC(C)C(O)C(O)C4O)ccc3oc2c1. The molecule has 0 amide bonds. The van der Waals surface area contributed by atoms with Gasteiger partial charge in [-0.3, -0.25) is 4.79 Å². The summed E-state index contributed by atoms with van der Waals surface area (Å²) in [5.41, 5.74) is -0.944. The number of phenolic OH excluding ortho intramolecular Hbond substituents is 1. The van der Waals surface area contributed by atoms with Crippen LogP contribution in [0.25, 0.3) is 21.9 Å². The standard InChI is InChI=1S/C26H30O15/c1-8-17(29)20(32)22(34)25(37-8)39-12-4-3-11-16(19(31)15-10(28)5-9(36-2)6-13(15)38-11)24(12)41-26-23(35)21(33)18(30)14(7-27)40-26/h3-6,8,14,17-18,20-23,25-30,32-35H,7H2,1-2H3. The molecule has 2 saturated heterocycles. The van der Waals surface area contributed by atoms with Crippen molar-refractivity contribution in [3.05, 3.63) is 34.5 Å². The zero-order valence-corrected chi connectivity index (χ0v) is 21.7. The van der Waals surface area contributed by atoms with E-state index in [1.807, 2.05) is 0 Å². The molecule has 0 radical (unpaired) electrons. The first kappa shape index (κ1) is 29.2. The highest BCUT2D eigenvalue weighted by molar-refractivity contribution is 5.97. The van der Waals surface area contributed by atoms with E-state index in [0.29, 0.717) is 0 Å². The summed E-state index contributed by atoms with van der Waals surface area (Å²) in [5, 5.41) is 81.3. The van der Waals surface area contributed by atoms with E-state index in [2.05, 4.69) is 0 Å². The molecular formula is C26H30O15. The molecule has 41 heavy (non-hydrogen) atoms. The Morgan fingerprint density at radius 1 is 0.805 bits per heavy atom. The van der Waals surface area contributed by atoms with E-state index < -0.39 is 84.9 Å². The highest BCUT2D eigenvalue weighted by atomic mass is 16.7. The third-order valence-corrected chi connectivity index (χ3v) is 7.18. The van der Waals surface area contributed by atoms with Gasteiger partial charge >= 0.3 is 0 Å². The van der Waals surface area contributed by atoms with Crippen molar-refractivity contribution < 1.29 is 69.0 Å². The van der Waals surface area contributed by atoms with Crippen LogP contribution in [-0.2, 0) is 9.47 Å². The minimum atomic E-state index is -1.88. The summed E-state index contributed by atoms with van der Waals surface area (Å²) in [7, 11) is 1.36. The average Bonchev–Trinajstić information content (AvgIpc) is 2.95. The second-order valence-electron chi connectivity index (χ2n) is 9.83. The fourth-order valence-corrected chi connectivity index (χ4v) is 4.82. The Balaban J connectivity index is 1.67. The molecule has 1 aromatic heterocycles. The van der Waals surface area contributed by atoms with Crippen LogP contribution in [0, 0.1) is 0 Å². The Labute approximate surface area is 230 Å². The Hall–Kier alpha value is -3.25. The van der Waals surface area contributed by atoms with Gasteiger partial charge in [-0.2, -0.15) is 0 Å². The number of ether oxygens (including phenoxy) is 5. The van der Waals surface area contributed by atoms with Crippen LogP contribution in [-0.4, -0.2) is 116 Å². The molecule has 0 aliphatic carbocycles. The molecule has 10 unspecified atom stereocenters. The fourth-order valence-electron chi connectivity index (χ4n) is 4.82. The van der Waals surface area contributed by atoms with Gasteiger partial charge in [-0.1, -0.05) is 0 Å². The van der Waals surface area contributed by atoms with Gasteiger partial charge in [-0.05, 0) is 19.1 Å². The lowest BCUT2D eigenvalue weighted by atomic mass is 9.99. The van der Waals surface area contributed by atoms with Gasteiger partial charge in [0, 0.05) is 12.1 Å². The number of phenols is 1. The van der Waals surface area contributed by atoms with Gasteiger partial charge < -0.3 is 69.0 Å². The predicted octanol–water partition coefficient (Wildman–Crippen LogP) is -1.95. The molecule has 3 heterocycles. The Morgan fingerprint density at radius 3 is 2.12 bits per heavy atom. The van der Waals surface area contributed by atoms with Crippen molar-refractivity contribution in [1.29, 1.82) is 0 Å². The maximum Gasteiger partial charge on any atom is 0.229 e. The summed E-state index contributed by atoms with van der Waals surface area (Å²) in [5.74, 6) is -1.04. The Bertz CT molecular complexity index is 1470. The number of aromatic hydroxyl groups is 1. The Morgan fingerprint density at radius 2 is 1.46 bits per heavy atom. The summed E-state index contributed by atoms with van der Waals surface area (Å²) in [6.45, 7) is 0.673. The molecule has 3 aromatic rings. The highest BCUT2D eigenvalue weighted by Gasteiger charge is 2.46. The maximum atomic E-state index is 13.8. The first-order chi connectivity index (χ1) is 19.5. The molecule has 15 nitrogen and oxygen atoms in total. The zero-order chi connectivity index (χ0) is 29.7. The number of benzene rings is 2. The van der Waals surface area contributed by atoms with Crippen molar-refractivity contribution >= 4 is 21.9 Å². The highest BCUT2D eigenvalue weighted by Crippen LogP contribution is 2.41. The molecule has 2 aromatic carbocycles. The quantitative estimate of drug-likeness (QED) is 0.147. The maximum absolute atomic E-state index is 13.8. The van der Waals surface area contributed by atoms with Crippen molar-refractivity contribution in [3.8, 4) is 23.0 Å². The van der Waals surface area contributed by atoms with Gasteiger partial charge in [0.25, 0.3) is 0 Å². The molecule has 5 rings (SSSR count). The van der Waals surface area contributed by atoms with E-state index >= 15 is 0 Å². The van der Waals surface area contributed by atoms with Crippen molar-refractivity contribution in [3.63, 3.8) is 0 Å². The molecule has 15 heteroatoms. The smallest absolute Gasteiger partial charge is 0.229 e. The van der Waals surface area contributed by atoms with E-state index in [-0.39, 0.29) is 33.4 Å². The number of aliphatic hydroxyl groups is 7. The van der Waals surface area contributed by atoms with Gasteiger partial charge in [0.2, 0.25) is 18.0 Å². The molecule has 0 bridgehead atoms. The molecule has 0 spiro atoms. The molecule has 2 aliphatic heterocycles. The largest absolute Gasteiger partial charge is 0.507 e. The van der Waals surface area contributed by atoms with Gasteiger partial charge in [0.15, 0.2) is 11.5 Å². The predicted molar refractivity (Wildman–Crippen MR) is 136 cm³/mol. The van der Waals surface area contributed by atoms with Crippen LogP contribution in [0.4, 0.5) is 0 Å². The normalized spacial score (nSPS) is 34.1. The number of hydrogen-bond acceptors (Lipinski definition) is 15. The zero-order valence-electron chi connectivity index (χ0n) is 21.7. The third kappa shape index (κ3) is 5.05. The lowest BCUT2D eigenvalue weighted by Gasteiger charge is -2.40. The fraction of sp³-hybridized carbons (Fsp3) is 0.500. The van der Waals surface area contributed by atoms with Crippen molar-refractivity contribution in [1.82, 2.24) is 0 Å². The summed E-state index contributed by atoms with van der Waals surface area (Å²) < 4.78 is 33.5. The topological polar surface area (TPSA) is 238 Å². The lowest BCUT2D eigenvalue weighted by molar-refractivity contribution is -0.279. The average molecular weight is 583 g/mol. The minimum Gasteiger partial charge on any atom is -0.507 e. The molecule has 10 atom stereocenters. The first-order valence-corrected chi connectivity index (χ1v) is 12.6. The van der Waals surface area contributed by atoms with E-state index in [1.54, 1.807) is 0 Å². The van der Waals surface area contributed by atoms with Gasteiger partial charge in [-0.15, -0.1) is 0 Å². The summed E-state index contributed by atoms with van der Waals surface area (Å²) >= 11 is 0. The molecule has 8 N–H and O–H groups in total. The van der Waals surface area contributed by atoms with Crippen molar-refractivity contribution in [2.75, 3.05) is 13.7 Å². The first-order valence-electron chi connectivity index (χ1n) is 12.6. The van der Waals surface area contributed by atoms with Crippen LogP contribution in [0.5, 0.6) is 23.0 Å². The Kier molecular flexibility index (Phi) is 7.99. The van der Waals surface area contributed by atoms with Crippen LogP contribution in [0.3, 0.4) is 0 Å². The second-order valence-corrected chi connectivity index (χ2v) is 9.83. The monoisotopic (exact) mass is 582 g/mol. The molecule has 224 valence electrons. The van der Waals surface area contributed by atoms with E-state index in [1.165, 1.54) is 38.3 Å². The molecular weight excluding hydrogens is 552 g/mol. The summed E-state index contributed by atoms with van der Waals surface area (Å²) in [6, 6.07) is 5.13. The van der Waals surface area contributed by atoms with Crippen molar-refractivity contribution in [2.24, 2.45) is 0 Å². The summed E-state index contributed by atoms with van der Waals surface area (Å²) in [6.07, 6.45) is -15.9. The van der Waals surface area contributed by atoms with Crippen molar-refractivity contribution in [2.45, 2.75) is 68.3 Å². The van der Waals surface area contributed by atoms with Gasteiger partial charge in [0.05, 0.1) is 19.8 Å². The van der Waals surface area contributed by atoms with E-state index in [9.17, 15) is 45.6 Å². The minimum absolute atomic E-state index is 0.0382. The van der Waals surface area contributed by atoms with Gasteiger partial charge in [-0.25, -0.2) is 0 Å². The number of methoxy groups -OCH3 is 1. The van der Waals surface area contributed by atoms with E-state index in [4.69, 9.17) is 28.1 Å². The van der Waals surface area contributed by atoms with Crippen LogP contribution in [0.15, 0.2) is 33.5 Å².